The maximum atomic E-state index is 5.98. The zero-order valence-corrected chi connectivity index (χ0v) is 11.7. The van der Waals surface area contributed by atoms with Crippen LogP contribution < -0.4 is 0 Å². The van der Waals surface area contributed by atoms with Crippen molar-refractivity contribution in [3.63, 3.8) is 0 Å². The summed E-state index contributed by atoms with van der Waals surface area (Å²) < 4.78 is 0. The first-order valence-corrected chi connectivity index (χ1v) is 6.35. The van der Waals surface area contributed by atoms with Gasteiger partial charge in [0.2, 0.25) is 0 Å². The van der Waals surface area contributed by atoms with Gasteiger partial charge in [-0.1, -0.05) is 50.0 Å². The van der Waals surface area contributed by atoms with Crippen molar-refractivity contribution in [3.8, 4) is 0 Å². The van der Waals surface area contributed by atoms with Crippen molar-refractivity contribution >= 4 is 34.1 Å². The number of hydrogen-bond donors (Lipinski definition) is 0. The van der Waals surface area contributed by atoms with Crippen LogP contribution in [0.1, 0.15) is 26.3 Å². The molecule has 0 atom stereocenters. The molecule has 0 bridgehead atoms. The lowest BCUT2D eigenvalue weighted by Gasteiger charge is -2.18. The van der Waals surface area contributed by atoms with Crippen LogP contribution >= 0.6 is 23.2 Å². The second-order valence-electron chi connectivity index (χ2n) is 5.53. The first-order valence-electron chi connectivity index (χ1n) is 5.60. The molecule has 0 saturated heterocycles. The summed E-state index contributed by atoms with van der Waals surface area (Å²) in [6, 6.07) is 8.11. The maximum Gasteiger partial charge on any atom is 0.148 e. The van der Waals surface area contributed by atoms with Gasteiger partial charge in [0.05, 0.1) is 10.5 Å². The minimum Gasteiger partial charge on any atom is -0.235 e. The highest BCUT2D eigenvalue weighted by Gasteiger charge is 2.12. The van der Waals surface area contributed by atoms with E-state index in [-0.39, 0.29) is 5.41 Å². The summed E-state index contributed by atoms with van der Waals surface area (Å²) in [5.41, 5.74) is 2.46. The fourth-order valence-corrected chi connectivity index (χ4v) is 2.20. The first-order chi connectivity index (χ1) is 7.85. The predicted octanol–water partition coefficient (Wildman–Crippen LogP) is 5.13. The number of nitrogens with zero attached hydrogens (tertiary/aromatic N) is 1. The van der Waals surface area contributed by atoms with Crippen molar-refractivity contribution in [2.75, 3.05) is 0 Å². The summed E-state index contributed by atoms with van der Waals surface area (Å²) in [4.78, 5) is 4.25. The van der Waals surface area contributed by atoms with Gasteiger partial charge in [0, 0.05) is 5.39 Å². The van der Waals surface area contributed by atoms with Crippen LogP contribution in [0.5, 0.6) is 0 Å². The molecule has 90 valence electrons. The molecule has 0 N–H and O–H groups in total. The second kappa shape index (κ2) is 4.47. The lowest BCUT2D eigenvalue weighted by Crippen LogP contribution is -2.08. The van der Waals surface area contributed by atoms with E-state index in [1.165, 1.54) is 5.56 Å². The van der Waals surface area contributed by atoms with Crippen LogP contribution in [0.15, 0.2) is 24.3 Å². The van der Waals surface area contributed by atoms with Crippen molar-refractivity contribution in [1.82, 2.24) is 4.98 Å². The summed E-state index contributed by atoms with van der Waals surface area (Å²) in [6.45, 7) is 6.68. The number of benzene rings is 1. The quantitative estimate of drug-likeness (QED) is 0.653. The van der Waals surface area contributed by atoms with E-state index in [1.54, 1.807) is 0 Å². The zero-order chi connectivity index (χ0) is 12.6. The van der Waals surface area contributed by atoms with Crippen molar-refractivity contribution in [2.24, 2.45) is 5.41 Å². The van der Waals surface area contributed by atoms with Crippen LogP contribution in [0.2, 0.25) is 10.2 Å². The normalized spacial score (nSPS) is 12.1. The SMILES string of the molecule is CC(C)(C)Cc1ccc2nc(Cl)c(Cl)cc2c1. The van der Waals surface area contributed by atoms with E-state index in [1.807, 2.05) is 12.1 Å². The van der Waals surface area contributed by atoms with Crippen molar-refractivity contribution < 1.29 is 0 Å². The fraction of sp³-hybridized carbons (Fsp3) is 0.357. The van der Waals surface area contributed by atoms with Gasteiger partial charge in [-0.15, -0.1) is 0 Å². The summed E-state index contributed by atoms with van der Waals surface area (Å²) in [5.74, 6) is 0. The van der Waals surface area contributed by atoms with Crippen molar-refractivity contribution in [2.45, 2.75) is 27.2 Å². The monoisotopic (exact) mass is 267 g/mol. The van der Waals surface area contributed by atoms with Crippen LogP contribution in [0.25, 0.3) is 10.9 Å². The Hall–Kier alpha value is -0.790. The third-order valence-corrected chi connectivity index (χ3v) is 3.20. The number of hydrogen-bond acceptors (Lipinski definition) is 1. The Morgan fingerprint density at radius 1 is 1.12 bits per heavy atom. The van der Waals surface area contributed by atoms with E-state index in [0.29, 0.717) is 10.2 Å². The molecule has 1 nitrogen and oxygen atoms in total. The molecule has 17 heavy (non-hydrogen) atoms. The fourth-order valence-electron chi connectivity index (χ4n) is 1.90. The van der Waals surface area contributed by atoms with E-state index in [4.69, 9.17) is 23.2 Å². The Morgan fingerprint density at radius 3 is 2.47 bits per heavy atom. The van der Waals surface area contributed by atoms with Crippen LogP contribution in [0.3, 0.4) is 0 Å². The summed E-state index contributed by atoms with van der Waals surface area (Å²) >= 11 is 11.9. The number of halogens is 2. The van der Waals surface area contributed by atoms with Gasteiger partial charge in [-0.3, -0.25) is 0 Å². The molecule has 0 amide bonds. The molecule has 0 spiro atoms. The predicted molar refractivity (Wildman–Crippen MR) is 74.9 cm³/mol. The number of pyridine rings is 1. The van der Waals surface area contributed by atoms with Crippen LogP contribution in [0, 0.1) is 5.41 Å². The summed E-state index contributed by atoms with van der Waals surface area (Å²) in [6.07, 6.45) is 1.03. The molecule has 1 aromatic heterocycles. The van der Waals surface area contributed by atoms with Crippen molar-refractivity contribution in [3.05, 3.63) is 40.0 Å². The zero-order valence-electron chi connectivity index (χ0n) is 10.2. The third-order valence-electron chi connectivity index (χ3n) is 2.52. The molecule has 0 radical (unpaired) electrons. The molecule has 0 fully saturated rings. The maximum absolute atomic E-state index is 5.98. The lowest BCUT2D eigenvalue weighted by atomic mass is 9.88. The van der Waals surface area contributed by atoms with Gasteiger partial charge in [-0.2, -0.15) is 0 Å². The molecule has 2 rings (SSSR count). The highest BCUT2D eigenvalue weighted by molar-refractivity contribution is 6.41. The van der Waals surface area contributed by atoms with E-state index in [0.717, 1.165) is 17.3 Å². The number of rotatable bonds is 1. The molecule has 0 unspecified atom stereocenters. The molecule has 2 aromatic rings. The largest absolute Gasteiger partial charge is 0.235 e. The van der Waals surface area contributed by atoms with Crippen LogP contribution in [-0.4, -0.2) is 4.98 Å². The second-order valence-corrected chi connectivity index (χ2v) is 6.29. The Balaban J connectivity index is 2.47. The molecular formula is C14H15Cl2N. The smallest absolute Gasteiger partial charge is 0.148 e. The summed E-state index contributed by atoms with van der Waals surface area (Å²) in [5, 5.41) is 1.91. The third kappa shape index (κ3) is 3.11. The first kappa shape index (κ1) is 12.7. The van der Waals surface area contributed by atoms with Gasteiger partial charge in [0.25, 0.3) is 0 Å². The Bertz CT molecular complexity index is 556. The summed E-state index contributed by atoms with van der Waals surface area (Å²) in [7, 11) is 0. The molecule has 0 aliphatic rings. The minimum absolute atomic E-state index is 0.275. The van der Waals surface area contributed by atoms with E-state index >= 15 is 0 Å². The average molecular weight is 268 g/mol. The van der Waals surface area contributed by atoms with E-state index < -0.39 is 0 Å². The van der Waals surface area contributed by atoms with Gasteiger partial charge in [-0.25, -0.2) is 4.98 Å². The molecule has 0 aliphatic heterocycles. The van der Waals surface area contributed by atoms with Gasteiger partial charge in [0.1, 0.15) is 5.15 Å². The molecule has 0 aliphatic carbocycles. The van der Waals surface area contributed by atoms with Gasteiger partial charge in [0.15, 0.2) is 0 Å². The van der Waals surface area contributed by atoms with Gasteiger partial charge >= 0.3 is 0 Å². The molecule has 1 aromatic carbocycles. The Labute approximate surface area is 112 Å². The lowest BCUT2D eigenvalue weighted by molar-refractivity contribution is 0.411. The standard InChI is InChI=1S/C14H15Cl2N/c1-14(2,3)8-9-4-5-12-10(6-9)7-11(15)13(16)17-12/h4-7H,8H2,1-3H3. The highest BCUT2D eigenvalue weighted by atomic mass is 35.5. The molecule has 1 heterocycles. The molecule has 0 saturated carbocycles. The number of fused-ring (bicyclic) bond motifs is 1. The Kier molecular flexibility index (Phi) is 3.33. The average Bonchev–Trinajstić information content (AvgIpc) is 2.18. The topological polar surface area (TPSA) is 12.9 Å². The van der Waals surface area contributed by atoms with E-state index in [2.05, 4.69) is 37.9 Å². The van der Waals surface area contributed by atoms with Crippen LogP contribution in [0.4, 0.5) is 0 Å². The Morgan fingerprint density at radius 2 is 1.82 bits per heavy atom. The van der Waals surface area contributed by atoms with Crippen molar-refractivity contribution in [1.29, 1.82) is 0 Å². The highest BCUT2D eigenvalue weighted by Crippen LogP contribution is 2.27. The van der Waals surface area contributed by atoms with Gasteiger partial charge < -0.3 is 0 Å². The van der Waals surface area contributed by atoms with Gasteiger partial charge in [-0.05, 0) is 35.6 Å². The van der Waals surface area contributed by atoms with E-state index in [9.17, 15) is 0 Å². The minimum atomic E-state index is 0.275. The number of aromatic nitrogens is 1. The van der Waals surface area contributed by atoms with Crippen LogP contribution in [-0.2, 0) is 6.42 Å². The molecular weight excluding hydrogens is 253 g/mol. The molecule has 3 heteroatoms.